The van der Waals surface area contributed by atoms with Crippen LogP contribution in [0.5, 0.6) is 11.5 Å². The number of Topliss-reactive ketones (excluding diaryl/α,β-unsaturated/α-hetero) is 1. The molecule has 1 spiro atoms. The van der Waals surface area contributed by atoms with Gasteiger partial charge in [0.1, 0.15) is 17.1 Å². The molecule has 0 atom stereocenters. The van der Waals surface area contributed by atoms with E-state index in [0.717, 1.165) is 0 Å². The Morgan fingerprint density at radius 3 is 2.50 bits per heavy atom. The van der Waals surface area contributed by atoms with Crippen LogP contribution in [0.15, 0.2) is 30.3 Å². The Hall–Kier alpha value is -1.66. The van der Waals surface area contributed by atoms with Crippen LogP contribution >= 0.6 is 46.4 Å². The van der Waals surface area contributed by atoms with E-state index in [4.69, 9.17) is 55.9 Å². The third-order valence-corrected chi connectivity index (χ3v) is 6.43. The lowest BCUT2D eigenvalue weighted by Gasteiger charge is -2.44. The molecule has 0 radical (unpaired) electrons. The van der Waals surface area contributed by atoms with Crippen molar-refractivity contribution in [3.05, 3.63) is 56.0 Å². The first-order chi connectivity index (χ1) is 14.3. The summed E-state index contributed by atoms with van der Waals surface area (Å²) in [6.07, 6.45) is 1.26. The average molecular weight is 489 g/mol. The van der Waals surface area contributed by atoms with Crippen LogP contribution in [0.3, 0.4) is 0 Å². The second kappa shape index (κ2) is 8.46. The topological polar surface area (TPSA) is 55.8 Å². The van der Waals surface area contributed by atoms with E-state index < -0.39 is 5.60 Å². The summed E-state index contributed by atoms with van der Waals surface area (Å²) in [7, 11) is 0. The number of carbonyl (C=O) groups excluding carboxylic acids is 2. The van der Waals surface area contributed by atoms with Gasteiger partial charge in [-0.05, 0) is 24.3 Å². The summed E-state index contributed by atoms with van der Waals surface area (Å²) in [5.41, 5.74) is -0.265. The van der Waals surface area contributed by atoms with Crippen molar-refractivity contribution >= 4 is 58.1 Å². The largest absolute Gasteiger partial charge is 0.484 e. The Labute approximate surface area is 193 Å². The first-order valence-corrected chi connectivity index (χ1v) is 10.8. The maximum absolute atomic E-state index is 12.7. The predicted octanol–water partition coefficient (Wildman–Crippen LogP) is 5.71. The SMILES string of the molecule is O=C1CC2(CCN(C(=O)COc3cc(Cl)ccc3Cl)CC2)Oc2c(Cl)cc(Cl)cc21. The van der Waals surface area contributed by atoms with Crippen LogP contribution in [-0.4, -0.2) is 41.9 Å². The van der Waals surface area contributed by atoms with E-state index in [2.05, 4.69) is 0 Å². The predicted molar refractivity (Wildman–Crippen MR) is 117 cm³/mol. The van der Waals surface area contributed by atoms with E-state index in [-0.39, 0.29) is 24.7 Å². The fourth-order valence-corrected chi connectivity index (χ4v) is 4.64. The molecule has 1 amide bonds. The van der Waals surface area contributed by atoms with Gasteiger partial charge in [0, 0.05) is 42.0 Å². The van der Waals surface area contributed by atoms with Crippen LogP contribution in [-0.2, 0) is 4.79 Å². The standard InChI is InChI=1S/C21H17Cl4NO4/c22-12-1-2-15(24)18(9-12)29-11-19(28)26-5-3-21(4-6-26)10-17(27)14-7-13(23)8-16(25)20(14)30-21/h1-2,7-9H,3-6,10-11H2. The zero-order valence-electron chi connectivity index (χ0n) is 15.7. The molecule has 0 aliphatic carbocycles. The van der Waals surface area contributed by atoms with Crippen LogP contribution in [0.2, 0.25) is 20.1 Å². The quantitative estimate of drug-likeness (QED) is 0.555. The van der Waals surface area contributed by atoms with E-state index in [1.165, 1.54) is 0 Å². The normalized spacial score (nSPS) is 17.5. The highest BCUT2D eigenvalue weighted by Gasteiger charge is 2.44. The van der Waals surface area contributed by atoms with Crippen molar-refractivity contribution in [2.45, 2.75) is 24.9 Å². The highest BCUT2D eigenvalue weighted by Crippen LogP contribution is 2.44. The van der Waals surface area contributed by atoms with Crippen molar-refractivity contribution in [1.29, 1.82) is 0 Å². The molecule has 0 bridgehead atoms. The number of likely N-dealkylation sites (tertiary alicyclic amines) is 1. The molecule has 2 aromatic carbocycles. The van der Waals surface area contributed by atoms with Gasteiger partial charge in [0.15, 0.2) is 12.4 Å². The number of hydrogen-bond acceptors (Lipinski definition) is 4. The number of amides is 1. The maximum atomic E-state index is 12.7. The Bertz CT molecular complexity index is 1020. The summed E-state index contributed by atoms with van der Waals surface area (Å²) in [4.78, 5) is 26.9. The average Bonchev–Trinajstić information content (AvgIpc) is 2.70. The summed E-state index contributed by atoms with van der Waals surface area (Å²) in [5.74, 6) is 0.501. The van der Waals surface area contributed by atoms with Gasteiger partial charge < -0.3 is 14.4 Å². The minimum Gasteiger partial charge on any atom is -0.484 e. The van der Waals surface area contributed by atoms with Crippen molar-refractivity contribution in [2.24, 2.45) is 0 Å². The molecule has 9 heteroatoms. The van der Waals surface area contributed by atoms with Gasteiger partial charge in [-0.25, -0.2) is 0 Å². The fraction of sp³-hybridized carbons (Fsp3) is 0.333. The molecule has 5 nitrogen and oxygen atoms in total. The van der Waals surface area contributed by atoms with Gasteiger partial charge in [0.2, 0.25) is 0 Å². The second-order valence-electron chi connectivity index (χ2n) is 7.39. The zero-order valence-corrected chi connectivity index (χ0v) is 18.7. The van der Waals surface area contributed by atoms with E-state index in [1.807, 2.05) is 0 Å². The van der Waals surface area contributed by atoms with Crippen LogP contribution in [0, 0.1) is 0 Å². The van der Waals surface area contributed by atoms with Crippen LogP contribution in [0.1, 0.15) is 29.6 Å². The van der Waals surface area contributed by atoms with E-state index >= 15 is 0 Å². The Morgan fingerprint density at radius 2 is 1.77 bits per heavy atom. The van der Waals surface area contributed by atoms with Gasteiger partial charge in [0.25, 0.3) is 5.91 Å². The summed E-state index contributed by atoms with van der Waals surface area (Å²) in [5, 5.41) is 1.57. The first-order valence-electron chi connectivity index (χ1n) is 9.33. The van der Waals surface area contributed by atoms with Gasteiger partial charge >= 0.3 is 0 Å². The molecule has 30 heavy (non-hydrogen) atoms. The summed E-state index contributed by atoms with van der Waals surface area (Å²) in [6, 6.07) is 7.96. The van der Waals surface area contributed by atoms with Gasteiger partial charge in [-0.2, -0.15) is 0 Å². The molecule has 2 aliphatic rings. The van der Waals surface area contributed by atoms with Crippen LogP contribution < -0.4 is 9.47 Å². The van der Waals surface area contributed by atoms with E-state index in [0.29, 0.717) is 63.1 Å². The number of halogens is 4. The highest BCUT2D eigenvalue weighted by atomic mass is 35.5. The highest BCUT2D eigenvalue weighted by molar-refractivity contribution is 6.36. The lowest BCUT2D eigenvalue weighted by molar-refractivity contribution is -0.136. The summed E-state index contributed by atoms with van der Waals surface area (Å²) in [6.45, 7) is 0.735. The molecule has 2 heterocycles. The van der Waals surface area contributed by atoms with Gasteiger partial charge in [-0.15, -0.1) is 0 Å². The first kappa shape index (κ1) is 21.6. The fourth-order valence-electron chi connectivity index (χ4n) is 3.77. The number of nitrogens with zero attached hydrogens (tertiary/aromatic N) is 1. The van der Waals surface area contributed by atoms with E-state index in [9.17, 15) is 9.59 Å². The lowest BCUT2D eigenvalue weighted by Crippen LogP contribution is -2.53. The van der Waals surface area contributed by atoms with Gasteiger partial charge in [-0.1, -0.05) is 46.4 Å². The molecular weight excluding hydrogens is 472 g/mol. The monoisotopic (exact) mass is 487 g/mol. The lowest BCUT2D eigenvalue weighted by atomic mass is 9.82. The van der Waals surface area contributed by atoms with Crippen molar-refractivity contribution < 1.29 is 19.1 Å². The smallest absolute Gasteiger partial charge is 0.260 e. The minimum absolute atomic E-state index is 0.0561. The summed E-state index contributed by atoms with van der Waals surface area (Å²) >= 11 is 24.3. The van der Waals surface area contributed by atoms with Crippen LogP contribution in [0.4, 0.5) is 0 Å². The van der Waals surface area contributed by atoms with E-state index in [1.54, 1.807) is 35.2 Å². The second-order valence-corrected chi connectivity index (χ2v) is 9.08. The minimum atomic E-state index is -0.671. The number of ketones is 1. The maximum Gasteiger partial charge on any atom is 0.260 e. The van der Waals surface area contributed by atoms with Gasteiger partial charge in [-0.3, -0.25) is 9.59 Å². The van der Waals surface area contributed by atoms with Gasteiger partial charge in [0.05, 0.1) is 22.0 Å². The number of fused-ring (bicyclic) bond motifs is 1. The van der Waals surface area contributed by atoms with Crippen LogP contribution in [0.25, 0.3) is 0 Å². The summed E-state index contributed by atoms with van der Waals surface area (Å²) < 4.78 is 11.7. The number of piperidine rings is 1. The molecule has 1 saturated heterocycles. The molecule has 0 N–H and O–H groups in total. The number of benzene rings is 2. The zero-order chi connectivity index (χ0) is 21.5. The molecule has 0 aromatic heterocycles. The van der Waals surface area contributed by atoms with Crippen molar-refractivity contribution in [3.8, 4) is 11.5 Å². The van der Waals surface area contributed by atoms with Crippen molar-refractivity contribution in [3.63, 3.8) is 0 Å². The molecular formula is C21H17Cl4NO4. The Kier molecular flexibility index (Phi) is 6.08. The molecule has 0 unspecified atom stereocenters. The number of ether oxygens (including phenoxy) is 2. The molecule has 2 aromatic rings. The molecule has 158 valence electrons. The Balaban J connectivity index is 1.39. The number of rotatable bonds is 3. The molecule has 1 fully saturated rings. The number of carbonyl (C=O) groups is 2. The molecule has 0 saturated carbocycles. The third kappa shape index (κ3) is 4.35. The van der Waals surface area contributed by atoms with Crippen molar-refractivity contribution in [2.75, 3.05) is 19.7 Å². The molecule has 2 aliphatic heterocycles. The molecule has 4 rings (SSSR count). The Morgan fingerprint density at radius 1 is 1.03 bits per heavy atom. The number of hydrogen-bond donors (Lipinski definition) is 0. The third-order valence-electron chi connectivity index (χ3n) is 5.38. The van der Waals surface area contributed by atoms with Crippen molar-refractivity contribution in [1.82, 2.24) is 4.90 Å².